The first kappa shape index (κ1) is 12.3. The maximum Gasteiger partial charge on any atom is 0.239 e. The molecule has 2 rings (SSSR count). The SMILES string of the molecule is CC(C)(Br)C(=O)N1CCCC2(C1)OCCO2. The largest absolute Gasteiger partial charge is 0.346 e. The lowest BCUT2D eigenvalue weighted by molar-refractivity contribution is -0.193. The second kappa shape index (κ2) is 4.27. The van der Waals surface area contributed by atoms with Gasteiger partial charge in [0.25, 0.3) is 0 Å². The van der Waals surface area contributed by atoms with Gasteiger partial charge in [-0.15, -0.1) is 0 Å². The number of halogens is 1. The number of amides is 1. The van der Waals surface area contributed by atoms with Gasteiger partial charge >= 0.3 is 0 Å². The molecule has 2 aliphatic rings. The zero-order valence-corrected chi connectivity index (χ0v) is 11.4. The summed E-state index contributed by atoms with van der Waals surface area (Å²) in [6.45, 7) is 6.36. The number of alkyl halides is 1. The molecule has 0 saturated carbocycles. The summed E-state index contributed by atoms with van der Waals surface area (Å²) in [6.07, 6.45) is 1.83. The van der Waals surface area contributed by atoms with Crippen LogP contribution < -0.4 is 0 Å². The number of nitrogens with zero attached hydrogens (tertiary/aromatic N) is 1. The lowest BCUT2D eigenvalue weighted by atomic mass is 10.0. The van der Waals surface area contributed by atoms with Crippen molar-refractivity contribution in [3.8, 4) is 0 Å². The summed E-state index contributed by atoms with van der Waals surface area (Å²) < 4.78 is 10.8. The minimum Gasteiger partial charge on any atom is -0.346 e. The van der Waals surface area contributed by atoms with Crippen LogP contribution in [0.3, 0.4) is 0 Å². The molecule has 0 unspecified atom stereocenters. The molecule has 0 aliphatic carbocycles. The quantitative estimate of drug-likeness (QED) is 0.688. The van der Waals surface area contributed by atoms with Crippen LogP contribution in [0.15, 0.2) is 0 Å². The lowest BCUT2D eigenvalue weighted by Gasteiger charge is -2.40. The average molecular weight is 292 g/mol. The molecule has 2 saturated heterocycles. The Kier molecular flexibility index (Phi) is 3.29. The number of carbonyl (C=O) groups is 1. The molecule has 0 atom stereocenters. The monoisotopic (exact) mass is 291 g/mol. The van der Waals surface area contributed by atoms with Gasteiger partial charge in [0, 0.05) is 13.0 Å². The number of rotatable bonds is 1. The van der Waals surface area contributed by atoms with E-state index in [2.05, 4.69) is 15.9 Å². The molecule has 2 aliphatic heterocycles. The molecule has 92 valence electrons. The molecule has 5 heteroatoms. The summed E-state index contributed by atoms with van der Waals surface area (Å²) in [6, 6.07) is 0. The summed E-state index contributed by atoms with van der Waals surface area (Å²) >= 11 is 3.40. The topological polar surface area (TPSA) is 38.8 Å². The van der Waals surface area contributed by atoms with Gasteiger partial charge in [0.1, 0.15) is 0 Å². The van der Waals surface area contributed by atoms with Gasteiger partial charge in [-0.25, -0.2) is 0 Å². The number of piperidine rings is 1. The molecule has 16 heavy (non-hydrogen) atoms. The predicted molar refractivity (Wildman–Crippen MR) is 63.5 cm³/mol. The van der Waals surface area contributed by atoms with Crippen LogP contribution in [0.25, 0.3) is 0 Å². The smallest absolute Gasteiger partial charge is 0.239 e. The van der Waals surface area contributed by atoms with Crippen molar-refractivity contribution in [2.24, 2.45) is 0 Å². The Morgan fingerprint density at radius 3 is 2.56 bits per heavy atom. The van der Waals surface area contributed by atoms with Crippen LogP contribution in [0.1, 0.15) is 26.7 Å². The Hall–Kier alpha value is -0.130. The van der Waals surface area contributed by atoms with Crippen molar-refractivity contribution in [2.75, 3.05) is 26.3 Å². The van der Waals surface area contributed by atoms with Gasteiger partial charge in [0.2, 0.25) is 5.91 Å². The van der Waals surface area contributed by atoms with Crippen molar-refractivity contribution < 1.29 is 14.3 Å². The number of hydrogen-bond acceptors (Lipinski definition) is 3. The van der Waals surface area contributed by atoms with Gasteiger partial charge in [-0.2, -0.15) is 0 Å². The van der Waals surface area contributed by atoms with E-state index in [0.29, 0.717) is 19.8 Å². The number of ether oxygens (including phenoxy) is 2. The van der Waals surface area contributed by atoms with Crippen LogP contribution >= 0.6 is 15.9 Å². The molecule has 2 fully saturated rings. The molecule has 1 spiro atoms. The minimum absolute atomic E-state index is 0.102. The third kappa shape index (κ3) is 2.41. The zero-order valence-electron chi connectivity index (χ0n) is 9.79. The Balaban J connectivity index is 2.04. The molecule has 0 radical (unpaired) electrons. The molecule has 1 amide bonds. The van der Waals surface area contributed by atoms with Crippen LogP contribution in [0.2, 0.25) is 0 Å². The molecular weight excluding hydrogens is 274 g/mol. The Morgan fingerprint density at radius 2 is 2.00 bits per heavy atom. The highest BCUT2D eigenvalue weighted by Crippen LogP contribution is 2.32. The fraction of sp³-hybridized carbons (Fsp3) is 0.909. The number of carbonyl (C=O) groups excluding carboxylic acids is 1. The minimum atomic E-state index is -0.522. The Morgan fingerprint density at radius 1 is 1.38 bits per heavy atom. The third-order valence-electron chi connectivity index (χ3n) is 3.03. The van der Waals surface area contributed by atoms with Gasteiger partial charge in [-0.1, -0.05) is 15.9 Å². The molecule has 0 aromatic heterocycles. The number of likely N-dealkylation sites (tertiary alicyclic amines) is 1. The number of hydrogen-bond donors (Lipinski definition) is 0. The molecule has 2 heterocycles. The van der Waals surface area contributed by atoms with E-state index in [1.807, 2.05) is 18.7 Å². The molecule has 0 aromatic rings. The summed E-state index contributed by atoms with van der Waals surface area (Å²) in [5.74, 6) is -0.419. The van der Waals surface area contributed by atoms with E-state index in [1.54, 1.807) is 0 Å². The fourth-order valence-electron chi connectivity index (χ4n) is 2.27. The summed E-state index contributed by atoms with van der Waals surface area (Å²) in [5.41, 5.74) is 0. The fourth-order valence-corrected chi connectivity index (χ4v) is 2.52. The van der Waals surface area contributed by atoms with Gasteiger partial charge in [-0.05, 0) is 20.3 Å². The van der Waals surface area contributed by atoms with Crippen LogP contribution in [0, 0.1) is 0 Å². The average Bonchev–Trinajstić information content (AvgIpc) is 2.64. The van der Waals surface area contributed by atoms with Gasteiger partial charge in [-0.3, -0.25) is 4.79 Å². The van der Waals surface area contributed by atoms with E-state index < -0.39 is 10.1 Å². The molecule has 0 N–H and O–H groups in total. The highest BCUT2D eigenvalue weighted by molar-refractivity contribution is 9.10. The van der Waals surface area contributed by atoms with E-state index >= 15 is 0 Å². The third-order valence-corrected chi connectivity index (χ3v) is 3.37. The van der Waals surface area contributed by atoms with Crippen molar-refractivity contribution >= 4 is 21.8 Å². The molecule has 0 bridgehead atoms. The van der Waals surface area contributed by atoms with Crippen LogP contribution in [0.4, 0.5) is 0 Å². The maximum absolute atomic E-state index is 12.1. The van der Waals surface area contributed by atoms with E-state index in [9.17, 15) is 4.79 Å². The zero-order chi connectivity index (χ0) is 11.8. The van der Waals surface area contributed by atoms with Crippen LogP contribution in [0.5, 0.6) is 0 Å². The second-order valence-corrected chi connectivity index (χ2v) is 6.89. The van der Waals surface area contributed by atoms with Crippen LogP contribution in [-0.2, 0) is 14.3 Å². The first-order valence-corrected chi connectivity index (χ1v) is 6.48. The van der Waals surface area contributed by atoms with Crippen molar-refractivity contribution in [1.29, 1.82) is 0 Å². The van der Waals surface area contributed by atoms with Crippen LogP contribution in [-0.4, -0.2) is 47.2 Å². The summed E-state index contributed by atoms with van der Waals surface area (Å²) in [4.78, 5) is 14.0. The van der Waals surface area contributed by atoms with Gasteiger partial charge in [0.15, 0.2) is 5.79 Å². The Labute approximate surface area is 104 Å². The second-order valence-electron chi connectivity index (χ2n) is 4.91. The first-order chi connectivity index (χ1) is 7.43. The summed E-state index contributed by atoms with van der Waals surface area (Å²) in [5, 5.41) is 0. The van der Waals surface area contributed by atoms with Gasteiger partial charge < -0.3 is 14.4 Å². The molecule has 4 nitrogen and oxygen atoms in total. The van der Waals surface area contributed by atoms with E-state index in [0.717, 1.165) is 19.4 Å². The molecular formula is C11H18BrNO3. The highest BCUT2D eigenvalue weighted by Gasteiger charge is 2.43. The van der Waals surface area contributed by atoms with E-state index in [4.69, 9.17) is 9.47 Å². The lowest BCUT2D eigenvalue weighted by Crippen LogP contribution is -2.54. The first-order valence-electron chi connectivity index (χ1n) is 5.69. The molecule has 0 aromatic carbocycles. The predicted octanol–water partition coefficient (Wildman–Crippen LogP) is 1.53. The normalized spacial score (nSPS) is 25.1. The summed E-state index contributed by atoms with van der Waals surface area (Å²) in [7, 11) is 0. The highest BCUT2D eigenvalue weighted by atomic mass is 79.9. The van der Waals surface area contributed by atoms with Crippen molar-refractivity contribution in [3.63, 3.8) is 0 Å². The van der Waals surface area contributed by atoms with E-state index in [1.165, 1.54) is 0 Å². The maximum atomic E-state index is 12.1. The van der Waals surface area contributed by atoms with E-state index in [-0.39, 0.29) is 5.91 Å². The standard InChI is InChI=1S/C11H18BrNO3/c1-10(2,12)9(14)13-5-3-4-11(8-13)15-6-7-16-11/h3-8H2,1-2H3. The van der Waals surface area contributed by atoms with Gasteiger partial charge in [0.05, 0.1) is 24.1 Å². The Bertz CT molecular complexity index is 281. The van der Waals surface area contributed by atoms with Crippen molar-refractivity contribution in [3.05, 3.63) is 0 Å². The van der Waals surface area contributed by atoms with Crippen molar-refractivity contribution in [2.45, 2.75) is 36.8 Å². The van der Waals surface area contributed by atoms with Crippen molar-refractivity contribution in [1.82, 2.24) is 4.90 Å².